The van der Waals surface area contributed by atoms with E-state index >= 15 is 0 Å². The molecular formula is C40H56Cd. The van der Waals surface area contributed by atoms with Crippen molar-refractivity contribution in [3.63, 3.8) is 0 Å². The first kappa shape index (κ1) is 37.1. The summed E-state index contributed by atoms with van der Waals surface area (Å²) in [6, 6.07) is 0. The molecule has 0 saturated heterocycles. The van der Waals surface area contributed by atoms with Gasteiger partial charge in [0.1, 0.15) is 0 Å². The van der Waals surface area contributed by atoms with Gasteiger partial charge in [-0.05, 0) is 102 Å². The standard InChI is InChI=1S/C40H56.Cd/c1-31(19-13-21-33(3)25-27-37-35(5)23-15-29-39(37,7)8)17-11-12-18-32(2)20-14-22-34(4)26-28-38-36(6)24-16-30-40(38,9)10;/h11-14,17-22,25-28H,15-16,23-24,29-30H2,1-10H3;/b12-11+,19-13+,20-14+,27-25+,28-26+,31-17+,32-18+,33-21+,34-22+;. The second kappa shape index (κ2) is 17.9. The minimum Gasteiger partial charge on any atom is -0.0696 e. The Labute approximate surface area is 274 Å². The van der Waals surface area contributed by atoms with E-state index in [4.69, 9.17) is 0 Å². The maximum absolute atomic E-state index is 2.37. The van der Waals surface area contributed by atoms with E-state index in [-0.39, 0.29) is 27.3 Å². The van der Waals surface area contributed by atoms with Gasteiger partial charge in [-0.2, -0.15) is 0 Å². The van der Waals surface area contributed by atoms with Crippen LogP contribution in [-0.2, 0) is 27.3 Å². The Kier molecular flexibility index (Phi) is 16.2. The monoisotopic (exact) mass is 650 g/mol. The van der Waals surface area contributed by atoms with Crippen LogP contribution in [-0.4, -0.2) is 0 Å². The van der Waals surface area contributed by atoms with E-state index in [1.165, 1.54) is 72.0 Å². The second-order valence-electron chi connectivity index (χ2n) is 13.3. The molecular weight excluding hydrogens is 593 g/mol. The third-order valence-electron chi connectivity index (χ3n) is 8.38. The van der Waals surface area contributed by atoms with Crippen molar-refractivity contribution in [3.8, 4) is 0 Å². The summed E-state index contributed by atoms with van der Waals surface area (Å²) in [7, 11) is 0. The molecule has 0 aromatic heterocycles. The van der Waals surface area contributed by atoms with Gasteiger partial charge >= 0.3 is 0 Å². The Bertz CT molecular complexity index is 1120. The molecule has 0 N–H and O–H groups in total. The average molecular weight is 649 g/mol. The van der Waals surface area contributed by atoms with Crippen LogP contribution in [0.15, 0.2) is 130 Å². The molecule has 2 aliphatic carbocycles. The molecule has 218 valence electrons. The van der Waals surface area contributed by atoms with Crippen molar-refractivity contribution >= 4 is 0 Å². The Morgan fingerprint density at radius 1 is 0.512 bits per heavy atom. The Hall–Kier alpha value is -1.94. The Balaban J connectivity index is 0.00000840. The molecule has 0 radical (unpaired) electrons. The number of rotatable bonds is 10. The van der Waals surface area contributed by atoms with Gasteiger partial charge in [0.05, 0.1) is 0 Å². The largest absolute Gasteiger partial charge is 0.0696 e. The molecule has 0 unspecified atom stereocenters. The molecule has 0 atom stereocenters. The van der Waals surface area contributed by atoms with E-state index in [0.717, 1.165) is 0 Å². The van der Waals surface area contributed by atoms with Gasteiger partial charge < -0.3 is 0 Å². The van der Waals surface area contributed by atoms with Crippen LogP contribution in [0.1, 0.15) is 108 Å². The average Bonchev–Trinajstić information content (AvgIpc) is 2.85. The van der Waals surface area contributed by atoms with E-state index in [2.05, 4.69) is 154 Å². The van der Waals surface area contributed by atoms with Crippen molar-refractivity contribution in [1.82, 2.24) is 0 Å². The number of allylic oxidation sites excluding steroid dienone is 22. The first-order valence-corrected chi connectivity index (χ1v) is 15.3. The fraction of sp³-hybridized carbons (Fsp3) is 0.450. The predicted octanol–water partition coefficient (Wildman–Crippen LogP) is 12.6. The summed E-state index contributed by atoms with van der Waals surface area (Å²) in [6.07, 6.45) is 38.4. The van der Waals surface area contributed by atoms with E-state index in [9.17, 15) is 0 Å². The van der Waals surface area contributed by atoms with Crippen LogP contribution >= 0.6 is 0 Å². The van der Waals surface area contributed by atoms with Crippen molar-refractivity contribution in [1.29, 1.82) is 0 Å². The molecule has 0 amide bonds. The fourth-order valence-corrected chi connectivity index (χ4v) is 5.79. The zero-order valence-electron chi connectivity index (χ0n) is 28.0. The van der Waals surface area contributed by atoms with Crippen LogP contribution in [0.5, 0.6) is 0 Å². The number of hydrogen-bond acceptors (Lipinski definition) is 0. The van der Waals surface area contributed by atoms with Gasteiger partial charge in [0.25, 0.3) is 0 Å². The molecule has 41 heavy (non-hydrogen) atoms. The molecule has 1 heteroatoms. The van der Waals surface area contributed by atoms with Crippen molar-refractivity contribution < 1.29 is 27.3 Å². The summed E-state index contributed by atoms with van der Waals surface area (Å²) in [5, 5.41) is 0. The van der Waals surface area contributed by atoms with Crippen molar-refractivity contribution in [2.45, 2.75) is 108 Å². The summed E-state index contributed by atoms with van der Waals surface area (Å²) in [4.78, 5) is 0. The topological polar surface area (TPSA) is 0 Å². The van der Waals surface area contributed by atoms with Crippen LogP contribution in [0.25, 0.3) is 0 Å². The molecule has 2 aliphatic rings. The van der Waals surface area contributed by atoms with Gasteiger partial charge in [0, 0.05) is 27.3 Å². The molecule has 0 aromatic rings. The summed E-state index contributed by atoms with van der Waals surface area (Å²) < 4.78 is 0. The normalized spacial score (nSPS) is 21.4. The Morgan fingerprint density at radius 2 is 0.829 bits per heavy atom. The van der Waals surface area contributed by atoms with Crippen LogP contribution in [0.3, 0.4) is 0 Å². The molecule has 0 saturated carbocycles. The van der Waals surface area contributed by atoms with E-state index in [1.807, 2.05) is 0 Å². The maximum atomic E-state index is 2.37. The Morgan fingerprint density at radius 3 is 1.17 bits per heavy atom. The van der Waals surface area contributed by atoms with Crippen molar-refractivity contribution in [2.75, 3.05) is 0 Å². The van der Waals surface area contributed by atoms with E-state index in [1.54, 1.807) is 11.1 Å². The van der Waals surface area contributed by atoms with Crippen molar-refractivity contribution in [3.05, 3.63) is 130 Å². The maximum Gasteiger partial charge on any atom is 0 e. The molecule has 0 aliphatic heterocycles. The summed E-state index contributed by atoms with van der Waals surface area (Å²) in [5.41, 5.74) is 11.7. The summed E-state index contributed by atoms with van der Waals surface area (Å²) >= 11 is 0. The first-order chi connectivity index (χ1) is 18.8. The SMILES string of the molecule is CC1=C(/C=C/C(C)=C/C=C/C(C)=C/C=C/C=C(C)/C=C/C=C(C)/C=C/C2=C(C)CCCC2(C)C)C(C)(C)CCC1.[Cd]. The smallest absolute Gasteiger partial charge is 0 e. The first-order valence-electron chi connectivity index (χ1n) is 15.3. The quantitative estimate of drug-likeness (QED) is 0.163. The molecule has 0 nitrogen and oxygen atoms in total. The molecule has 0 bridgehead atoms. The van der Waals surface area contributed by atoms with Gasteiger partial charge in [-0.1, -0.05) is 146 Å². The van der Waals surface area contributed by atoms with Crippen LogP contribution < -0.4 is 0 Å². The zero-order valence-corrected chi connectivity index (χ0v) is 32.1. The van der Waals surface area contributed by atoms with E-state index in [0.29, 0.717) is 10.8 Å². The molecule has 0 fully saturated rings. The van der Waals surface area contributed by atoms with Gasteiger partial charge in [-0.25, -0.2) is 0 Å². The third kappa shape index (κ3) is 13.3. The molecule has 0 spiro atoms. The van der Waals surface area contributed by atoms with Crippen LogP contribution in [0.2, 0.25) is 0 Å². The van der Waals surface area contributed by atoms with Gasteiger partial charge in [-0.15, -0.1) is 0 Å². The second-order valence-corrected chi connectivity index (χ2v) is 13.3. The predicted molar refractivity (Wildman–Crippen MR) is 181 cm³/mol. The minimum atomic E-state index is 0. The summed E-state index contributed by atoms with van der Waals surface area (Å²) in [6.45, 7) is 22.7. The zero-order chi connectivity index (χ0) is 29.8. The fourth-order valence-electron chi connectivity index (χ4n) is 5.79. The molecule has 0 aromatic carbocycles. The van der Waals surface area contributed by atoms with Crippen LogP contribution in [0, 0.1) is 10.8 Å². The van der Waals surface area contributed by atoms with Crippen molar-refractivity contribution in [2.24, 2.45) is 10.8 Å². The third-order valence-corrected chi connectivity index (χ3v) is 8.38. The van der Waals surface area contributed by atoms with Gasteiger partial charge in [-0.3, -0.25) is 0 Å². The molecule has 2 rings (SSSR count). The van der Waals surface area contributed by atoms with Gasteiger partial charge in [0.15, 0.2) is 0 Å². The summed E-state index contributed by atoms with van der Waals surface area (Å²) in [5.74, 6) is 0. The van der Waals surface area contributed by atoms with Crippen LogP contribution in [0.4, 0.5) is 0 Å². The number of hydrogen-bond donors (Lipinski definition) is 0. The minimum absolute atomic E-state index is 0. The van der Waals surface area contributed by atoms with E-state index < -0.39 is 0 Å². The van der Waals surface area contributed by atoms with Gasteiger partial charge in [0.2, 0.25) is 0 Å². The molecule has 0 heterocycles.